The summed E-state index contributed by atoms with van der Waals surface area (Å²) in [5, 5.41) is 8.52. The Labute approximate surface area is 61.0 Å². The summed E-state index contributed by atoms with van der Waals surface area (Å²) in [7, 11) is 0. The largest absolute Gasteiger partial charge is 0.389 e. The smallest absolute Gasteiger partial charge is 0.383 e. The fraction of sp³-hybridized carbons (Fsp3) is 0.800. The Kier molecular flexibility index (Phi) is 3.31. The van der Waals surface area contributed by atoms with E-state index >= 15 is 0 Å². The van der Waals surface area contributed by atoms with Crippen molar-refractivity contribution in [3.05, 3.63) is 0 Å². The maximum Gasteiger partial charge on any atom is 0.389 e. The van der Waals surface area contributed by atoms with Gasteiger partial charge >= 0.3 is 6.18 Å². The first kappa shape index (κ1) is 10.2. The second kappa shape index (κ2) is 3.56. The minimum Gasteiger partial charge on any atom is -0.383 e. The maximum atomic E-state index is 11.4. The van der Waals surface area contributed by atoms with Crippen molar-refractivity contribution in [2.75, 3.05) is 0 Å². The summed E-state index contributed by atoms with van der Waals surface area (Å²) in [6.07, 6.45) is -7.91. The Morgan fingerprint density at radius 3 is 2.27 bits per heavy atom. The summed E-state index contributed by atoms with van der Waals surface area (Å²) < 4.78 is 34.2. The molecule has 3 nitrogen and oxygen atoms in total. The van der Waals surface area contributed by atoms with E-state index in [0.29, 0.717) is 0 Å². The van der Waals surface area contributed by atoms with Gasteiger partial charge in [-0.3, -0.25) is 4.79 Å². The third-order valence-corrected chi connectivity index (χ3v) is 1.03. The number of aliphatic hydroxyl groups excluding tert-OH is 1. The van der Waals surface area contributed by atoms with Gasteiger partial charge in [-0.15, -0.1) is 0 Å². The molecule has 66 valence electrons. The van der Waals surface area contributed by atoms with E-state index in [2.05, 4.69) is 5.73 Å². The summed E-state index contributed by atoms with van der Waals surface area (Å²) in [6, 6.07) is 0. The quantitative estimate of drug-likeness (QED) is 0.636. The predicted octanol–water partition coefficient (Wildman–Crippen LogP) is 0.175. The van der Waals surface area contributed by atoms with Gasteiger partial charge in [0.2, 0.25) is 5.91 Å². The summed E-state index contributed by atoms with van der Waals surface area (Å²) >= 11 is 0. The van der Waals surface area contributed by atoms with Crippen LogP contribution in [0, 0.1) is 0 Å². The number of alkyl halides is 3. The van der Waals surface area contributed by atoms with E-state index in [0.717, 1.165) is 0 Å². The lowest BCUT2D eigenvalue weighted by Crippen LogP contribution is -2.29. The fourth-order valence-corrected chi connectivity index (χ4v) is 0.443. The highest BCUT2D eigenvalue weighted by Crippen LogP contribution is 2.21. The summed E-state index contributed by atoms with van der Waals surface area (Å²) in [5.74, 6) is -1.13. The second-order valence-electron chi connectivity index (χ2n) is 2.07. The Morgan fingerprint density at radius 2 is 2.00 bits per heavy atom. The van der Waals surface area contributed by atoms with Crippen LogP contribution in [0.4, 0.5) is 13.2 Å². The average Bonchev–Trinajstić information content (AvgIpc) is 1.80. The van der Waals surface area contributed by atoms with E-state index in [1.807, 2.05) is 0 Å². The molecule has 1 atom stereocenters. The number of hydrogen-bond donors (Lipinski definition) is 2. The summed E-state index contributed by atoms with van der Waals surface area (Å²) in [6.45, 7) is 0. The van der Waals surface area contributed by atoms with Crippen LogP contribution in [0.25, 0.3) is 0 Å². The van der Waals surface area contributed by atoms with Gasteiger partial charge < -0.3 is 10.8 Å². The van der Waals surface area contributed by atoms with E-state index in [1.165, 1.54) is 0 Å². The summed E-state index contributed by atoms with van der Waals surface area (Å²) in [4.78, 5) is 10.0. The number of primary amides is 1. The molecule has 0 radical (unpaired) electrons. The molecule has 0 aliphatic rings. The highest BCUT2D eigenvalue weighted by molar-refractivity contribution is 5.78. The lowest BCUT2D eigenvalue weighted by atomic mass is 10.2. The van der Waals surface area contributed by atoms with Crippen LogP contribution in [0.15, 0.2) is 0 Å². The van der Waals surface area contributed by atoms with Crippen molar-refractivity contribution in [1.82, 2.24) is 0 Å². The second-order valence-corrected chi connectivity index (χ2v) is 2.07. The van der Waals surface area contributed by atoms with Gasteiger partial charge in [-0.05, 0) is 6.42 Å². The standard InChI is InChI=1S/C5H8F3NO2/c6-5(7,8)2-1-3(10)4(9)11/h3,10H,1-2H2,(H2,9,11). The van der Waals surface area contributed by atoms with Crippen molar-refractivity contribution in [1.29, 1.82) is 0 Å². The van der Waals surface area contributed by atoms with Crippen LogP contribution in [0.2, 0.25) is 0 Å². The van der Waals surface area contributed by atoms with Crippen LogP contribution in [-0.2, 0) is 4.79 Å². The number of halogens is 3. The molecule has 0 rings (SSSR count). The molecule has 0 spiro atoms. The molecule has 0 saturated heterocycles. The Bertz CT molecular complexity index is 145. The first-order valence-corrected chi connectivity index (χ1v) is 2.87. The van der Waals surface area contributed by atoms with Gasteiger partial charge in [0.15, 0.2) is 0 Å². The topological polar surface area (TPSA) is 63.3 Å². The third kappa shape index (κ3) is 5.65. The van der Waals surface area contributed by atoms with Crippen LogP contribution >= 0.6 is 0 Å². The van der Waals surface area contributed by atoms with Crippen molar-refractivity contribution < 1.29 is 23.1 Å². The Morgan fingerprint density at radius 1 is 1.55 bits per heavy atom. The number of rotatable bonds is 3. The molecule has 1 amide bonds. The molecule has 0 aliphatic carbocycles. The molecule has 0 heterocycles. The lowest BCUT2D eigenvalue weighted by Gasteiger charge is -2.08. The number of nitrogens with two attached hydrogens (primary N) is 1. The Balaban J connectivity index is 3.63. The molecule has 0 fully saturated rings. The molecule has 0 saturated carbocycles. The van der Waals surface area contributed by atoms with Crippen molar-refractivity contribution in [2.24, 2.45) is 5.73 Å². The van der Waals surface area contributed by atoms with E-state index in [1.54, 1.807) is 0 Å². The Hall–Kier alpha value is -0.780. The number of hydrogen-bond acceptors (Lipinski definition) is 2. The van der Waals surface area contributed by atoms with Gasteiger partial charge in [-0.2, -0.15) is 13.2 Å². The van der Waals surface area contributed by atoms with Crippen LogP contribution in [-0.4, -0.2) is 23.3 Å². The van der Waals surface area contributed by atoms with Crippen LogP contribution in [0.3, 0.4) is 0 Å². The average molecular weight is 171 g/mol. The van der Waals surface area contributed by atoms with E-state index < -0.39 is 31.0 Å². The molecular weight excluding hydrogens is 163 g/mol. The zero-order chi connectivity index (χ0) is 9.07. The molecule has 0 bridgehead atoms. The van der Waals surface area contributed by atoms with Crippen molar-refractivity contribution in [3.63, 3.8) is 0 Å². The first-order chi connectivity index (χ1) is 4.83. The monoisotopic (exact) mass is 171 g/mol. The van der Waals surface area contributed by atoms with Gasteiger partial charge in [-0.25, -0.2) is 0 Å². The molecule has 0 aliphatic heterocycles. The van der Waals surface area contributed by atoms with Gasteiger partial charge in [0.25, 0.3) is 0 Å². The van der Waals surface area contributed by atoms with Gasteiger partial charge in [0.05, 0.1) is 0 Å². The van der Waals surface area contributed by atoms with Gasteiger partial charge in [0, 0.05) is 6.42 Å². The zero-order valence-electron chi connectivity index (χ0n) is 5.56. The van der Waals surface area contributed by atoms with Gasteiger partial charge in [-0.1, -0.05) is 0 Å². The van der Waals surface area contributed by atoms with E-state index in [9.17, 15) is 18.0 Å². The molecule has 11 heavy (non-hydrogen) atoms. The number of carbonyl (C=O) groups is 1. The van der Waals surface area contributed by atoms with Crippen molar-refractivity contribution in [3.8, 4) is 0 Å². The highest BCUT2D eigenvalue weighted by Gasteiger charge is 2.28. The maximum absolute atomic E-state index is 11.4. The number of amides is 1. The van der Waals surface area contributed by atoms with Crippen LogP contribution in [0.5, 0.6) is 0 Å². The highest BCUT2D eigenvalue weighted by atomic mass is 19.4. The molecule has 6 heteroatoms. The lowest BCUT2D eigenvalue weighted by molar-refractivity contribution is -0.144. The van der Waals surface area contributed by atoms with Crippen LogP contribution in [0.1, 0.15) is 12.8 Å². The molecular formula is C5H8F3NO2. The SMILES string of the molecule is NC(=O)C(O)CCC(F)(F)F. The minimum absolute atomic E-state index is 0.668. The van der Waals surface area contributed by atoms with Crippen LogP contribution < -0.4 is 5.73 Å². The molecule has 0 aromatic carbocycles. The number of aliphatic hydroxyl groups is 1. The third-order valence-electron chi connectivity index (χ3n) is 1.03. The first-order valence-electron chi connectivity index (χ1n) is 2.87. The van der Waals surface area contributed by atoms with E-state index in [4.69, 9.17) is 5.11 Å². The molecule has 1 unspecified atom stereocenters. The number of carbonyl (C=O) groups excluding carboxylic acids is 1. The van der Waals surface area contributed by atoms with Gasteiger partial charge in [0.1, 0.15) is 6.10 Å². The normalized spacial score (nSPS) is 14.5. The molecule has 3 N–H and O–H groups in total. The van der Waals surface area contributed by atoms with Crippen molar-refractivity contribution in [2.45, 2.75) is 25.1 Å². The zero-order valence-corrected chi connectivity index (χ0v) is 5.56. The van der Waals surface area contributed by atoms with Crippen molar-refractivity contribution >= 4 is 5.91 Å². The minimum atomic E-state index is -4.35. The van der Waals surface area contributed by atoms with E-state index in [-0.39, 0.29) is 0 Å². The summed E-state index contributed by atoms with van der Waals surface area (Å²) in [5.41, 5.74) is 4.51. The molecule has 0 aromatic heterocycles. The predicted molar refractivity (Wildman–Crippen MR) is 30.5 cm³/mol. The molecule has 0 aromatic rings. The fourth-order valence-electron chi connectivity index (χ4n) is 0.443.